The fraction of sp³-hybridized carbons (Fsp3) is 0.667. The van der Waals surface area contributed by atoms with E-state index in [1.807, 2.05) is 0 Å². The molecule has 0 N–H and O–H groups in total. The Morgan fingerprint density at radius 2 is 1.92 bits per heavy atom. The molecule has 1 aliphatic rings. The standard InChI is InChI=1S/C9H15NO2.ClH/c1-2-6-9(11)12-10-7-4-3-5-8-10;/h2,6H,3-5,7-8H2,1H3;1H/b6-2+;. The van der Waals surface area contributed by atoms with Crippen LogP contribution in [0.1, 0.15) is 26.2 Å². The first-order chi connectivity index (χ1) is 5.83. The second-order valence-electron chi connectivity index (χ2n) is 2.90. The van der Waals surface area contributed by atoms with Crippen LogP contribution in [0.5, 0.6) is 0 Å². The molecule has 13 heavy (non-hydrogen) atoms. The molecule has 4 heteroatoms. The molecule has 1 saturated heterocycles. The molecule has 0 aliphatic carbocycles. The highest BCUT2D eigenvalue weighted by Crippen LogP contribution is 2.08. The number of allylic oxidation sites excluding steroid dienone is 1. The van der Waals surface area contributed by atoms with Gasteiger partial charge in [0.15, 0.2) is 0 Å². The second kappa shape index (κ2) is 6.92. The molecule has 1 fully saturated rings. The molecule has 1 heterocycles. The Labute approximate surface area is 85.1 Å². The first kappa shape index (κ1) is 12.5. The average molecular weight is 206 g/mol. The Morgan fingerprint density at radius 1 is 1.31 bits per heavy atom. The van der Waals surface area contributed by atoms with Gasteiger partial charge in [0.1, 0.15) is 0 Å². The summed E-state index contributed by atoms with van der Waals surface area (Å²) in [4.78, 5) is 16.0. The number of rotatable bonds is 2. The molecule has 0 atom stereocenters. The van der Waals surface area contributed by atoms with Gasteiger partial charge in [-0.05, 0) is 19.8 Å². The zero-order chi connectivity index (χ0) is 8.81. The molecule has 0 aromatic carbocycles. The van der Waals surface area contributed by atoms with Crippen LogP contribution in [0.4, 0.5) is 0 Å². The highest BCUT2D eigenvalue weighted by molar-refractivity contribution is 5.85. The van der Waals surface area contributed by atoms with Crippen LogP contribution in [0.15, 0.2) is 12.2 Å². The molecule has 0 spiro atoms. The summed E-state index contributed by atoms with van der Waals surface area (Å²) in [5.74, 6) is -0.264. The fourth-order valence-corrected chi connectivity index (χ4v) is 1.25. The van der Waals surface area contributed by atoms with Crippen LogP contribution in [-0.2, 0) is 9.63 Å². The summed E-state index contributed by atoms with van der Waals surface area (Å²) < 4.78 is 0. The van der Waals surface area contributed by atoms with Gasteiger partial charge in [-0.15, -0.1) is 17.5 Å². The minimum atomic E-state index is -0.264. The molecule has 3 nitrogen and oxygen atoms in total. The number of hydroxylamine groups is 2. The summed E-state index contributed by atoms with van der Waals surface area (Å²) in [6.45, 7) is 3.56. The molecule has 1 aliphatic heterocycles. The SMILES string of the molecule is C/C=C/C(=O)ON1CCCCC1.Cl. The zero-order valence-electron chi connectivity index (χ0n) is 7.86. The Balaban J connectivity index is 0.00000144. The summed E-state index contributed by atoms with van der Waals surface area (Å²) in [5, 5.41) is 1.74. The summed E-state index contributed by atoms with van der Waals surface area (Å²) in [6, 6.07) is 0. The zero-order valence-corrected chi connectivity index (χ0v) is 8.68. The van der Waals surface area contributed by atoms with E-state index in [1.165, 1.54) is 12.5 Å². The lowest BCUT2D eigenvalue weighted by molar-refractivity contribution is -0.187. The Kier molecular flexibility index (Phi) is 6.63. The van der Waals surface area contributed by atoms with Gasteiger partial charge in [-0.2, -0.15) is 0 Å². The quantitative estimate of drug-likeness (QED) is 0.646. The smallest absolute Gasteiger partial charge is 0.349 e. The Bertz CT molecular complexity index is 176. The molecule has 0 amide bonds. The predicted octanol–water partition coefficient (Wildman–Crippen LogP) is 1.93. The van der Waals surface area contributed by atoms with Crippen LogP contribution >= 0.6 is 12.4 Å². The molecule has 0 saturated carbocycles. The van der Waals surface area contributed by atoms with Gasteiger partial charge in [0.05, 0.1) is 0 Å². The average Bonchev–Trinajstić information content (AvgIpc) is 2.06. The van der Waals surface area contributed by atoms with Crippen molar-refractivity contribution in [1.29, 1.82) is 0 Å². The number of carbonyl (C=O) groups excluding carboxylic acids is 1. The van der Waals surface area contributed by atoms with Crippen molar-refractivity contribution in [3.8, 4) is 0 Å². The van der Waals surface area contributed by atoms with Crippen molar-refractivity contribution in [2.24, 2.45) is 0 Å². The van der Waals surface area contributed by atoms with Gasteiger partial charge >= 0.3 is 5.97 Å². The molecule has 0 aromatic rings. The molecule has 0 aromatic heterocycles. The summed E-state index contributed by atoms with van der Waals surface area (Å²) in [6.07, 6.45) is 6.63. The van der Waals surface area contributed by atoms with Crippen molar-refractivity contribution < 1.29 is 9.63 Å². The van der Waals surface area contributed by atoms with E-state index in [9.17, 15) is 4.79 Å². The van der Waals surface area contributed by atoms with Crippen molar-refractivity contribution >= 4 is 18.4 Å². The third-order valence-corrected chi connectivity index (χ3v) is 1.84. The van der Waals surface area contributed by atoms with Crippen molar-refractivity contribution in [3.63, 3.8) is 0 Å². The van der Waals surface area contributed by atoms with Crippen LogP contribution in [0, 0.1) is 0 Å². The highest BCUT2D eigenvalue weighted by atomic mass is 35.5. The number of halogens is 1. The normalized spacial score (nSPS) is 18.2. The van der Waals surface area contributed by atoms with Crippen LogP contribution in [-0.4, -0.2) is 24.1 Å². The van der Waals surface area contributed by atoms with E-state index in [0.717, 1.165) is 25.9 Å². The van der Waals surface area contributed by atoms with Crippen molar-refractivity contribution in [1.82, 2.24) is 5.06 Å². The monoisotopic (exact) mass is 205 g/mol. The highest BCUT2D eigenvalue weighted by Gasteiger charge is 2.12. The third-order valence-electron chi connectivity index (χ3n) is 1.84. The van der Waals surface area contributed by atoms with E-state index < -0.39 is 0 Å². The molecular weight excluding hydrogens is 190 g/mol. The number of hydrogen-bond acceptors (Lipinski definition) is 3. The number of nitrogens with zero attached hydrogens (tertiary/aromatic N) is 1. The lowest BCUT2D eigenvalue weighted by Gasteiger charge is -2.23. The summed E-state index contributed by atoms with van der Waals surface area (Å²) >= 11 is 0. The molecular formula is C9H16ClNO2. The third kappa shape index (κ3) is 4.90. The Morgan fingerprint density at radius 3 is 2.46 bits per heavy atom. The van der Waals surface area contributed by atoms with Gasteiger partial charge < -0.3 is 4.84 Å². The van der Waals surface area contributed by atoms with E-state index in [2.05, 4.69) is 0 Å². The lowest BCUT2D eigenvalue weighted by atomic mass is 10.2. The van der Waals surface area contributed by atoms with E-state index in [4.69, 9.17) is 4.84 Å². The minimum Gasteiger partial charge on any atom is -0.364 e. The van der Waals surface area contributed by atoms with Crippen molar-refractivity contribution in [2.45, 2.75) is 26.2 Å². The fourth-order valence-electron chi connectivity index (χ4n) is 1.25. The number of hydrogen-bond donors (Lipinski definition) is 0. The van der Waals surface area contributed by atoms with Gasteiger partial charge in [0.25, 0.3) is 0 Å². The van der Waals surface area contributed by atoms with Gasteiger partial charge in [-0.25, -0.2) is 4.79 Å². The molecule has 0 unspecified atom stereocenters. The van der Waals surface area contributed by atoms with Gasteiger partial charge in [-0.3, -0.25) is 0 Å². The van der Waals surface area contributed by atoms with Crippen LogP contribution < -0.4 is 0 Å². The first-order valence-corrected chi connectivity index (χ1v) is 4.42. The van der Waals surface area contributed by atoms with Crippen LogP contribution in [0.25, 0.3) is 0 Å². The second-order valence-corrected chi connectivity index (χ2v) is 2.90. The molecule has 1 rings (SSSR count). The van der Waals surface area contributed by atoms with E-state index in [0.29, 0.717) is 0 Å². The first-order valence-electron chi connectivity index (χ1n) is 4.42. The molecule has 76 valence electrons. The van der Waals surface area contributed by atoms with Crippen LogP contribution in [0.2, 0.25) is 0 Å². The summed E-state index contributed by atoms with van der Waals surface area (Å²) in [7, 11) is 0. The summed E-state index contributed by atoms with van der Waals surface area (Å²) in [5.41, 5.74) is 0. The molecule has 0 radical (unpaired) electrons. The number of carbonyl (C=O) groups is 1. The van der Waals surface area contributed by atoms with Crippen LogP contribution in [0.3, 0.4) is 0 Å². The van der Waals surface area contributed by atoms with Gasteiger partial charge in [0.2, 0.25) is 0 Å². The van der Waals surface area contributed by atoms with Gasteiger partial charge in [0, 0.05) is 19.2 Å². The maximum Gasteiger partial charge on any atom is 0.349 e. The van der Waals surface area contributed by atoms with E-state index in [1.54, 1.807) is 18.1 Å². The molecule has 0 bridgehead atoms. The topological polar surface area (TPSA) is 29.5 Å². The predicted molar refractivity (Wildman–Crippen MR) is 53.6 cm³/mol. The lowest BCUT2D eigenvalue weighted by Crippen LogP contribution is -2.31. The van der Waals surface area contributed by atoms with E-state index in [-0.39, 0.29) is 18.4 Å². The van der Waals surface area contributed by atoms with Crippen molar-refractivity contribution in [2.75, 3.05) is 13.1 Å². The maximum atomic E-state index is 11.0. The maximum absolute atomic E-state index is 11.0. The minimum absolute atomic E-state index is 0. The van der Waals surface area contributed by atoms with Gasteiger partial charge in [-0.1, -0.05) is 12.5 Å². The van der Waals surface area contributed by atoms with E-state index >= 15 is 0 Å². The number of piperidine rings is 1. The largest absolute Gasteiger partial charge is 0.364 e. The Hall–Kier alpha value is -0.540. The van der Waals surface area contributed by atoms with Crippen molar-refractivity contribution in [3.05, 3.63) is 12.2 Å².